The van der Waals surface area contributed by atoms with Crippen molar-refractivity contribution in [3.63, 3.8) is 0 Å². The van der Waals surface area contributed by atoms with Crippen LogP contribution in [0.4, 0.5) is 0 Å². The molecule has 0 aromatic carbocycles. The first kappa shape index (κ1) is 14.8. The molecule has 0 aliphatic rings. The van der Waals surface area contributed by atoms with Gasteiger partial charge in [0.15, 0.2) is 0 Å². The molecule has 0 saturated heterocycles. The number of aryl methyl sites for hydroxylation is 2. The Labute approximate surface area is 123 Å². The Bertz CT molecular complexity index is 540. The topological polar surface area (TPSA) is 49.0 Å². The van der Waals surface area contributed by atoms with Crippen LogP contribution in [-0.4, -0.2) is 34.6 Å². The molecule has 0 atom stereocenters. The van der Waals surface area contributed by atoms with Crippen LogP contribution in [0.3, 0.4) is 0 Å². The summed E-state index contributed by atoms with van der Waals surface area (Å²) in [6.07, 6.45) is 2.43. The standard InChI is InChI=1S/C15H21N3OS/c1-11-14(12(2)17-16-11)5-4-7-18(3)15(19)9-13-6-8-20-10-13/h6,8,10H,4-5,7,9H2,1-3H3,(H,16,17). The second-order valence-corrected chi connectivity index (χ2v) is 5.92. The van der Waals surface area contributed by atoms with Crippen molar-refractivity contribution in [2.45, 2.75) is 33.1 Å². The first-order chi connectivity index (χ1) is 9.58. The average Bonchev–Trinajstić information content (AvgIpc) is 3.02. The molecule has 0 radical (unpaired) electrons. The molecular formula is C15H21N3OS. The molecule has 0 fully saturated rings. The first-order valence-corrected chi connectivity index (χ1v) is 7.77. The first-order valence-electron chi connectivity index (χ1n) is 6.83. The van der Waals surface area contributed by atoms with Gasteiger partial charge in [-0.1, -0.05) is 0 Å². The van der Waals surface area contributed by atoms with Crippen molar-refractivity contribution in [2.24, 2.45) is 0 Å². The van der Waals surface area contributed by atoms with Crippen molar-refractivity contribution in [3.8, 4) is 0 Å². The molecule has 0 aliphatic heterocycles. The number of likely N-dealkylation sites (N-methyl/N-ethyl adjacent to an activating group) is 1. The van der Waals surface area contributed by atoms with Gasteiger partial charge in [-0.15, -0.1) is 0 Å². The summed E-state index contributed by atoms with van der Waals surface area (Å²) >= 11 is 1.63. The monoisotopic (exact) mass is 291 g/mol. The fourth-order valence-electron chi connectivity index (χ4n) is 2.26. The van der Waals surface area contributed by atoms with E-state index in [0.29, 0.717) is 6.42 Å². The number of aromatic amines is 1. The summed E-state index contributed by atoms with van der Waals surface area (Å²) in [5.41, 5.74) is 4.58. The summed E-state index contributed by atoms with van der Waals surface area (Å²) in [6.45, 7) is 4.85. The highest BCUT2D eigenvalue weighted by Gasteiger charge is 2.11. The third kappa shape index (κ3) is 3.70. The van der Waals surface area contributed by atoms with Crippen LogP contribution in [0, 0.1) is 13.8 Å². The Morgan fingerprint density at radius 1 is 1.45 bits per heavy atom. The number of hydrogen-bond donors (Lipinski definition) is 1. The summed E-state index contributed by atoms with van der Waals surface area (Å²) in [7, 11) is 1.88. The number of carbonyl (C=O) groups is 1. The smallest absolute Gasteiger partial charge is 0.226 e. The maximum atomic E-state index is 12.0. The van der Waals surface area contributed by atoms with Gasteiger partial charge in [0, 0.05) is 19.3 Å². The molecule has 0 bridgehead atoms. The Morgan fingerprint density at radius 3 is 2.85 bits per heavy atom. The molecule has 2 aromatic rings. The van der Waals surface area contributed by atoms with Crippen LogP contribution in [-0.2, 0) is 17.6 Å². The highest BCUT2D eigenvalue weighted by atomic mass is 32.1. The van der Waals surface area contributed by atoms with E-state index in [-0.39, 0.29) is 5.91 Å². The van der Waals surface area contributed by atoms with E-state index in [2.05, 4.69) is 10.2 Å². The third-order valence-electron chi connectivity index (χ3n) is 3.56. The van der Waals surface area contributed by atoms with Crippen LogP contribution in [0.15, 0.2) is 16.8 Å². The number of carbonyl (C=O) groups excluding carboxylic acids is 1. The minimum Gasteiger partial charge on any atom is -0.345 e. The van der Waals surface area contributed by atoms with E-state index in [0.717, 1.165) is 36.3 Å². The number of thiophene rings is 1. The zero-order valence-electron chi connectivity index (χ0n) is 12.3. The highest BCUT2D eigenvalue weighted by molar-refractivity contribution is 7.07. The highest BCUT2D eigenvalue weighted by Crippen LogP contribution is 2.12. The molecular weight excluding hydrogens is 270 g/mol. The molecule has 1 N–H and O–H groups in total. The third-order valence-corrected chi connectivity index (χ3v) is 4.29. The van der Waals surface area contributed by atoms with Crippen LogP contribution in [0.2, 0.25) is 0 Å². The van der Waals surface area contributed by atoms with Gasteiger partial charge < -0.3 is 4.90 Å². The number of aromatic nitrogens is 2. The Kier molecular flexibility index (Phi) is 4.95. The van der Waals surface area contributed by atoms with Crippen molar-refractivity contribution >= 4 is 17.2 Å². The molecule has 2 aromatic heterocycles. The summed E-state index contributed by atoms with van der Waals surface area (Å²) < 4.78 is 0. The van der Waals surface area contributed by atoms with Gasteiger partial charge in [-0.3, -0.25) is 9.89 Å². The molecule has 2 heterocycles. The van der Waals surface area contributed by atoms with Crippen LogP contribution in [0.25, 0.3) is 0 Å². The Hall–Kier alpha value is -1.62. The van der Waals surface area contributed by atoms with E-state index in [4.69, 9.17) is 0 Å². The Morgan fingerprint density at radius 2 is 2.25 bits per heavy atom. The molecule has 1 amide bonds. The number of hydrogen-bond acceptors (Lipinski definition) is 3. The van der Waals surface area contributed by atoms with Crippen LogP contribution >= 0.6 is 11.3 Å². The molecule has 0 spiro atoms. The van der Waals surface area contributed by atoms with Gasteiger partial charge in [0.2, 0.25) is 5.91 Å². The van der Waals surface area contributed by atoms with E-state index < -0.39 is 0 Å². The predicted molar refractivity (Wildman–Crippen MR) is 82.0 cm³/mol. The lowest BCUT2D eigenvalue weighted by atomic mass is 10.1. The van der Waals surface area contributed by atoms with Crippen molar-refractivity contribution in [1.29, 1.82) is 0 Å². The average molecular weight is 291 g/mol. The van der Waals surface area contributed by atoms with Crippen LogP contribution in [0.5, 0.6) is 0 Å². The quantitative estimate of drug-likeness (QED) is 0.889. The summed E-state index contributed by atoms with van der Waals surface area (Å²) in [4.78, 5) is 13.9. The zero-order valence-corrected chi connectivity index (χ0v) is 13.1. The van der Waals surface area contributed by atoms with Gasteiger partial charge >= 0.3 is 0 Å². The fraction of sp³-hybridized carbons (Fsp3) is 0.467. The van der Waals surface area contributed by atoms with Gasteiger partial charge in [-0.25, -0.2) is 0 Å². The molecule has 0 saturated carbocycles. The molecule has 5 heteroatoms. The van der Waals surface area contributed by atoms with E-state index in [1.54, 1.807) is 11.3 Å². The summed E-state index contributed by atoms with van der Waals surface area (Å²) in [5.74, 6) is 0.184. The Balaban J connectivity index is 1.77. The van der Waals surface area contributed by atoms with E-state index >= 15 is 0 Å². The molecule has 0 aliphatic carbocycles. The second-order valence-electron chi connectivity index (χ2n) is 5.14. The maximum Gasteiger partial charge on any atom is 0.226 e. The number of H-pyrrole nitrogens is 1. The lowest BCUT2D eigenvalue weighted by molar-refractivity contribution is -0.129. The molecule has 2 rings (SSSR count). The largest absolute Gasteiger partial charge is 0.345 e. The molecule has 0 unspecified atom stereocenters. The number of nitrogens with one attached hydrogen (secondary N) is 1. The number of rotatable bonds is 6. The minimum atomic E-state index is 0.184. The van der Waals surface area contributed by atoms with E-state index in [1.165, 1.54) is 5.56 Å². The summed E-state index contributed by atoms with van der Waals surface area (Å²) in [5, 5.41) is 11.2. The molecule has 4 nitrogen and oxygen atoms in total. The van der Waals surface area contributed by atoms with Crippen molar-refractivity contribution < 1.29 is 4.79 Å². The van der Waals surface area contributed by atoms with Gasteiger partial charge in [-0.2, -0.15) is 16.4 Å². The van der Waals surface area contributed by atoms with Crippen LogP contribution < -0.4 is 0 Å². The number of amides is 1. The lowest BCUT2D eigenvalue weighted by Gasteiger charge is -2.16. The van der Waals surface area contributed by atoms with Gasteiger partial charge in [-0.05, 0) is 54.6 Å². The predicted octanol–water partition coefficient (Wildman–Crippen LogP) is 2.72. The van der Waals surface area contributed by atoms with E-state index in [1.807, 2.05) is 42.6 Å². The molecule has 20 heavy (non-hydrogen) atoms. The summed E-state index contributed by atoms with van der Waals surface area (Å²) in [6, 6.07) is 2.01. The maximum absolute atomic E-state index is 12.0. The van der Waals surface area contributed by atoms with Crippen molar-refractivity contribution in [3.05, 3.63) is 39.3 Å². The van der Waals surface area contributed by atoms with Gasteiger partial charge in [0.1, 0.15) is 0 Å². The van der Waals surface area contributed by atoms with Gasteiger partial charge in [0.25, 0.3) is 0 Å². The van der Waals surface area contributed by atoms with Crippen molar-refractivity contribution in [2.75, 3.05) is 13.6 Å². The van der Waals surface area contributed by atoms with Gasteiger partial charge in [0.05, 0.1) is 12.1 Å². The molecule has 108 valence electrons. The SMILES string of the molecule is Cc1n[nH]c(C)c1CCCN(C)C(=O)Cc1ccsc1. The van der Waals surface area contributed by atoms with Crippen LogP contribution in [0.1, 0.15) is 28.9 Å². The minimum absolute atomic E-state index is 0.184. The van der Waals surface area contributed by atoms with Crippen molar-refractivity contribution in [1.82, 2.24) is 15.1 Å². The lowest BCUT2D eigenvalue weighted by Crippen LogP contribution is -2.29. The second kappa shape index (κ2) is 6.70. The fourth-order valence-corrected chi connectivity index (χ4v) is 2.93. The number of nitrogens with zero attached hydrogens (tertiary/aromatic N) is 2. The zero-order chi connectivity index (χ0) is 14.5. The normalized spacial score (nSPS) is 10.8. The van der Waals surface area contributed by atoms with E-state index in [9.17, 15) is 4.79 Å².